The number of urea groups is 1. The molecule has 2 heterocycles. The molecule has 146 valence electrons. The lowest BCUT2D eigenvalue weighted by Gasteiger charge is -2.35. The quantitative estimate of drug-likeness (QED) is 0.656. The SMILES string of the molecule is CCOC(=O)C1=C(CN2CCCC(C(=O)OCC)C2)NC(=O)NC1CC. The van der Waals surface area contributed by atoms with Gasteiger partial charge in [0.25, 0.3) is 0 Å². The fourth-order valence-electron chi connectivity index (χ4n) is 3.46. The van der Waals surface area contributed by atoms with Crippen LogP contribution in [0.2, 0.25) is 0 Å². The van der Waals surface area contributed by atoms with Crippen LogP contribution >= 0.6 is 0 Å². The fraction of sp³-hybridized carbons (Fsp3) is 0.722. The molecule has 1 fully saturated rings. The van der Waals surface area contributed by atoms with Crippen molar-refractivity contribution in [3.05, 3.63) is 11.3 Å². The summed E-state index contributed by atoms with van der Waals surface area (Å²) < 4.78 is 10.3. The van der Waals surface area contributed by atoms with E-state index in [1.165, 1.54) is 0 Å². The van der Waals surface area contributed by atoms with Crippen molar-refractivity contribution in [3.63, 3.8) is 0 Å². The molecule has 8 heteroatoms. The van der Waals surface area contributed by atoms with Crippen LogP contribution in [-0.2, 0) is 19.1 Å². The number of hydrogen-bond acceptors (Lipinski definition) is 6. The van der Waals surface area contributed by atoms with E-state index in [4.69, 9.17) is 9.47 Å². The largest absolute Gasteiger partial charge is 0.466 e. The smallest absolute Gasteiger partial charge is 0.337 e. The Morgan fingerprint density at radius 2 is 1.92 bits per heavy atom. The van der Waals surface area contributed by atoms with Crippen molar-refractivity contribution in [1.82, 2.24) is 15.5 Å². The van der Waals surface area contributed by atoms with Gasteiger partial charge in [0.15, 0.2) is 0 Å². The van der Waals surface area contributed by atoms with Gasteiger partial charge in [0, 0.05) is 18.8 Å². The Labute approximate surface area is 154 Å². The van der Waals surface area contributed by atoms with Crippen molar-refractivity contribution >= 4 is 18.0 Å². The normalized spacial score (nSPS) is 23.9. The summed E-state index contributed by atoms with van der Waals surface area (Å²) in [6.07, 6.45) is 2.26. The van der Waals surface area contributed by atoms with Crippen molar-refractivity contribution < 1.29 is 23.9 Å². The number of hydrogen-bond donors (Lipinski definition) is 2. The Hall–Kier alpha value is -2.09. The van der Waals surface area contributed by atoms with E-state index in [0.717, 1.165) is 19.4 Å². The topological polar surface area (TPSA) is 97.0 Å². The molecule has 2 aliphatic rings. The third-order valence-electron chi connectivity index (χ3n) is 4.65. The van der Waals surface area contributed by atoms with Crippen LogP contribution in [0.15, 0.2) is 11.3 Å². The first-order valence-corrected chi connectivity index (χ1v) is 9.36. The lowest BCUT2D eigenvalue weighted by Crippen LogP contribution is -2.53. The Kier molecular flexibility index (Phi) is 7.44. The van der Waals surface area contributed by atoms with E-state index in [1.54, 1.807) is 13.8 Å². The van der Waals surface area contributed by atoms with Crippen LogP contribution < -0.4 is 10.6 Å². The van der Waals surface area contributed by atoms with Gasteiger partial charge in [-0.05, 0) is 39.7 Å². The van der Waals surface area contributed by atoms with Crippen molar-refractivity contribution in [2.24, 2.45) is 5.92 Å². The summed E-state index contributed by atoms with van der Waals surface area (Å²) >= 11 is 0. The van der Waals surface area contributed by atoms with E-state index < -0.39 is 5.97 Å². The van der Waals surface area contributed by atoms with E-state index >= 15 is 0 Å². The van der Waals surface area contributed by atoms with Gasteiger partial charge in [-0.3, -0.25) is 9.69 Å². The van der Waals surface area contributed by atoms with Gasteiger partial charge in [0.1, 0.15) is 0 Å². The van der Waals surface area contributed by atoms with E-state index in [0.29, 0.717) is 37.4 Å². The summed E-state index contributed by atoms with van der Waals surface area (Å²) in [4.78, 5) is 38.5. The molecule has 2 rings (SSSR count). The molecule has 0 spiro atoms. The number of carbonyl (C=O) groups is 3. The molecule has 2 atom stereocenters. The molecule has 8 nitrogen and oxygen atoms in total. The average molecular weight is 367 g/mol. The van der Waals surface area contributed by atoms with Crippen LogP contribution in [0.3, 0.4) is 0 Å². The lowest BCUT2D eigenvalue weighted by atomic mass is 9.96. The molecule has 0 aliphatic carbocycles. The zero-order chi connectivity index (χ0) is 19.1. The molecule has 0 aromatic heterocycles. The number of carbonyl (C=O) groups excluding carboxylic acids is 3. The molecule has 0 radical (unpaired) electrons. The number of likely N-dealkylation sites (tertiary alicyclic amines) is 1. The molecular formula is C18H29N3O5. The van der Waals surface area contributed by atoms with Gasteiger partial charge in [-0.1, -0.05) is 6.92 Å². The number of amides is 2. The molecule has 0 aromatic rings. The second kappa shape index (κ2) is 9.56. The Morgan fingerprint density at radius 3 is 2.58 bits per heavy atom. The molecule has 2 aliphatic heterocycles. The first kappa shape index (κ1) is 20.2. The third-order valence-corrected chi connectivity index (χ3v) is 4.65. The monoisotopic (exact) mass is 367 g/mol. The maximum absolute atomic E-state index is 12.4. The Morgan fingerprint density at radius 1 is 1.19 bits per heavy atom. The highest BCUT2D eigenvalue weighted by atomic mass is 16.5. The van der Waals surface area contributed by atoms with Gasteiger partial charge in [-0.15, -0.1) is 0 Å². The van der Waals surface area contributed by atoms with Crippen LogP contribution in [-0.4, -0.2) is 61.8 Å². The second-order valence-electron chi connectivity index (χ2n) is 6.50. The lowest BCUT2D eigenvalue weighted by molar-refractivity contribution is -0.150. The predicted octanol–water partition coefficient (Wildman–Crippen LogP) is 1.17. The number of rotatable bonds is 7. The van der Waals surface area contributed by atoms with Gasteiger partial charge in [-0.25, -0.2) is 9.59 Å². The molecular weight excluding hydrogens is 338 g/mol. The van der Waals surface area contributed by atoms with Crippen LogP contribution in [0.4, 0.5) is 4.79 Å². The number of nitrogens with zero attached hydrogens (tertiary/aromatic N) is 1. The highest BCUT2D eigenvalue weighted by Gasteiger charge is 2.34. The first-order valence-electron chi connectivity index (χ1n) is 9.36. The molecule has 26 heavy (non-hydrogen) atoms. The summed E-state index contributed by atoms with van der Waals surface area (Å²) in [5.41, 5.74) is 1.02. The Balaban J connectivity index is 2.17. The van der Waals surface area contributed by atoms with Crippen LogP contribution in [0.1, 0.15) is 40.0 Å². The number of ether oxygens (including phenoxy) is 2. The minimum absolute atomic E-state index is 0.172. The van der Waals surface area contributed by atoms with Gasteiger partial charge >= 0.3 is 18.0 Å². The van der Waals surface area contributed by atoms with Crippen LogP contribution in [0, 0.1) is 5.92 Å². The second-order valence-corrected chi connectivity index (χ2v) is 6.50. The standard InChI is InChI=1S/C18H29N3O5/c1-4-13-15(17(23)26-6-3)14(20-18(24)19-13)11-21-9-7-8-12(10-21)16(22)25-5-2/h12-13H,4-11H2,1-3H3,(H2,19,20,24). The highest BCUT2D eigenvalue weighted by Crippen LogP contribution is 2.22. The molecule has 1 saturated heterocycles. The summed E-state index contributed by atoms with van der Waals surface area (Å²) in [5, 5.41) is 5.52. The maximum atomic E-state index is 12.4. The summed E-state index contributed by atoms with van der Waals surface area (Å²) in [6, 6.07) is -0.692. The molecule has 0 aromatic carbocycles. The minimum atomic E-state index is -0.416. The van der Waals surface area contributed by atoms with E-state index in [-0.39, 0.29) is 30.6 Å². The van der Waals surface area contributed by atoms with Crippen molar-refractivity contribution in [2.75, 3.05) is 32.8 Å². The van der Waals surface area contributed by atoms with Crippen molar-refractivity contribution in [3.8, 4) is 0 Å². The minimum Gasteiger partial charge on any atom is -0.466 e. The summed E-state index contributed by atoms with van der Waals surface area (Å²) in [7, 11) is 0. The number of piperidine rings is 1. The molecule has 2 amide bonds. The average Bonchev–Trinajstić information content (AvgIpc) is 2.61. The Bertz CT molecular complexity index is 575. The van der Waals surface area contributed by atoms with Crippen LogP contribution in [0.25, 0.3) is 0 Å². The van der Waals surface area contributed by atoms with Gasteiger partial charge < -0.3 is 20.1 Å². The first-order chi connectivity index (χ1) is 12.5. The highest BCUT2D eigenvalue weighted by molar-refractivity contribution is 5.94. The fourth-order valence-corrected chi connectivity index (χ4v) is 3.46. The molecule has 2 N–H and O–H groups in total. The molecule has 2 unspecified atom stereocenters. The van der Waals surface area contributed by atoms with E-state index in [2.05, 4.69) is 15.5 Å². The molecule has 0 bridgehead atoms. The van der Waals surface area contributed by atoms with E-state index in [1.807, 2.05) is 6.92 Å². The van der Waals surface area contributed by atoms with E-state index in [9.17, 15) is 14.4 Å². The van der Waals surface area contributed by atoms with Crippen LogP contribution in [0.5, 0.6) is 0 Å². The summed E-state index contributed by atoms with van der Waals surface area (Å²) in [6.45, 7) is 7.85. The van der Waals surface area contributed by atoms with Gasteiger partial charge in [0.05, 0.1) is 30.7 Å². The zero-order valence-electron chi connectivity index (χ0n) is 15.8. The van der Waals surface area contributed by atoms with Crippen molar-refractivity contribution in [1.29, 1.82) is 0 Å². The predicted molar refractivity (Wildman–Crippen MR) is 95.2 cm³/mol. The third kappa shape index (κ3) is 4.97. The summed E-state index contributed by atoms with van der Waals surface area (Å²) in [5.74, 6) is -0.770. The van der Waals surface area contributed by atoms with Gasteiger partial charge in [0.2, 0.25) is 0 Å². The number of nitrogens with one attached hydrogen (secondary N) is 2. The number of esters is 2. The van der Waals surface area contributed by atoms with Gasteiger partial charge in [-0.2, -0.15) is 0 Å². The zero-order valence-corrected chi connectivity index (χ0v) is 15.8. The molecule has 0 saturated carbocycles. The maximum Gasteiger partial charge on any atom is 0.337 e. The van der Waals surface area contributed by atoms with Crippen molar-refractivity contribution in [2.45, 2.75) is 46.1 Å².